The molecule has 0 atom stereocenters. The molecule has 0 saturated carbocycles. The van der Waals surface area contributed by atoms with Crippen molar-refractivity contribution < 1.29 is 0 Å². The minimum atomic E-state index is -0.0440. The van der Waals surface area contributed by atoms with Crippen molar-refractivity contribution in [1.82, 2.24) is 9.78 Å². The second kappa shape index (κ2) is 5.70. The fourth-order valence-corrected chi connectivity index (χ4v) is 1.44. The number of anilines is 1. The molecule has 5 heteroatoms. The summed E-state index contributed by atoms with van der Waals surface area (Å²) in [4.78, 5) is 11.5. The maximum Gasteiger partial charge on any atom is 0.268 e. The van der Waals surface area contributed by atoms with Crippen molar-refractivity contribution in [3.8, 4) is 0 Å². The minimum absolute atomic E-state index is 0.0440. The van der Waals surface area contributed by atoms with Crippen molar-refractivity contribution in [2.75, 3.05) is 23.9 Å². The molecule has 0 aromatic carbocycles. The first-order valence-electron chi connectivity index (χ1n) is 4.58. The quantitative estimate of drug-likeness (QED) is 0.794. The lowest BCUT2D eigenvalue weighted by Crippen LogP contribution is -2.23. The number of nitrogens with one attached hydrogen (secondary N) is 1. The van der Waals surface area contributed by atoms with Gasteiger partial charge in [0.2, 0.25) is 0 Å². The van der Waals surface area contributed by atoms with Gasteiger partial charge >= 0.3 is 0 Å². The van der Waals surface area contributed by atoms with Gasteiger partial charge in [-0.3, -0.25) is 4.79 Å². The molecule has 0 radical (unpaired) electrons. The van der Waals surface area contributed by atoms with Gasteiger partial charge in [0.1, 0.15) is 0 Å². The number of hydrogen-bond acceptors (Lipinski definition) is 4. The van der Waals surface area contributed by atoms with Gasteiger partial charge in [-0.25, -0.2) is 4.68 Å². The van der Waals surface area contributed by atoms with E-state index in [-0.39, 0.29) is 5.56 Å². The summed E-state index contributed by atoms with van der Waals surface area (Å²) in [5, 5.41) is 7.11. The monoisotopic (exact) mass is 213 g/mol. The highest BCUT2D eigenvalue weighted by molar-refractivity contribution is 7.98. The van der Waals surface area contributed by atoms with Crippen LogP contribution in [0.5, 0.6) is 0 Å². The highest BCUT2D eigenvalue weighted by Crippen LogP contribution is 1.99. The Morgan fingerprint density at radius 2 is 2.43 bits per heavy atom. The Balaban J connectivity index is 2.74. The molecule has 0 unspecified atom stereocenters. The molecule has 0 spiro atoms. The molecule has 0 aliphatic carbocycles. The summed E-state index contributed by atoms with van der Waals surface area (Å²) >= 11 is 1.70. The van der Waals surface area contributed by atoms with Crippen LogP contribution in [0.4, 0.5) is 5.69 Å². The van der Waals surface area contributed by atoms with E-state index in [9.17, 15) is 4.79 Å². The first-order valence-corrected chi connectivity index (χ1v) is 5.97. The lowest BCUT2D eigenvalue weighted by atomic mass is 10.4. The van der Waals surface area contributed by atoms with Gasteiger partial charge in [-0.05, 0) is 13.2 Å². The van der Waals surface area contributed by atoms with E-state index >= 15 is 0 Å². The maximum atomic E-state index is 11.5. The SMILES string of the molecule is CCNc1cnn(CCSC)c(=O)c1. The van der Waals surface area contributed by atoms with Crippen LogP contribution in [0.25, 0.3) is 0 Å². The Labute approximate surface area is 87.7 Å². The number of thioether (sulfide) groups is 1. The van der Waals surface area contributed by atoms with E-state index in [4.69, 9.17) is 0 Å². The third-order valence-electron chi connectivity index (χ3n) is 1.76. The molecule has 14 heavy (non-hydrogen) atoms. The Morgan fingerprint density at radius 3 is 3.00 bits per heavy atom. The first-order chi connectivity index (χ1) is 6.77. The van der Waals surface area contributed by atoms with E-state index in [1.807, 2.05) is 13.2 Å². The highest BCUT2D eigenvalue weighted by Gasteiger charge is 1.98. The van der Waals surface area contributed by atoms with Crippen LogP contribution >= 0.6 is 11.8 Å². The molecular weight excluding hydrogens is 198 g/mol. The van der Waals surface area contributed by atoms with E-state index in [0.717, 1.165) is 18.0 Å². The standard InChI is InChI=1S/C9H15N3OS/c1-3-10-8-6-9(13)12(11-7-8)4-5-14-2/h6-7,10H,3-5H2,1-2H3. The largest absolute Gasteiger partial charge is 0.384 e. The molecule has 1 rings (SSSR count). The van der Waals surface area contributed by atoms with Crippen LogP contribution in [-0.2, 0) is 6.54 Å². The highest BCUT2D eigenvalue weighted by atomic mass is 32.2. The average molecular weight is 213 g/mol. The second-order valence-corrected chi connectivity index (χ2v) is 3.81. The number of rotatable bonds is 5. The van der Waals surface area contributed by atoms with Gasteiger partial charge in [-0.15, -0.1) is 0 Å². The molecule has 78 valence electrons. The van der Waals surface area contributed by atoms with Gasteiger partial charge < -0.3 is 5.32 Å². The van der Waals surface area contributed by atoms with E-state index < -0.39 is 0 Å². The van der Waals surface area contributed by atoms with E-state index in [1.54, 1.807) is 24.0 Å². The lowest BCUT2D eigenvalue weighted by molar-refractivity contribution is 0.622. The maximum absolute atomic E-state index is 11.5. The van der Waals surface area contributed by atoms with Crippen molar-refractivity contribution in [2.45, 2.75) is 13.5 Å². The van der Waals surface area contributed by atoms with Gasteiger partial charge in [0.05, 0.1) is 18.4 Å². The second-order valence-electron chi connectivity index (χ2n) is 2.83. The fraction of sp³-hybridized carbons (Fsp3) is 0.556. The molecular formula is C9H15N3OS. The summed E-state index contributed by atoms with van der Waals surface area (Å²) in [5.41, 5.74) is 0.746. The van der Waals surface area contributed by atoms with E-state index in [0.29, 0.717) is 6.54 Å². The van der Waals surface area contributed by atoms with Crippen LogP contribution < -0.4 is 10.9 Å². The van der Waals surface area contributed by atoms with Crippen LogP contribution in [-0.4, -0.2) is 28.3 Å². The third kappa shape index (κ3) is 3.06. The molecule has 0 aliphatic rings. The molecule has 1 heterocycles. The van der Waals surface area contributed by atoms with Crippen LogP contribution in [0, 0.1) is 0 Å². The molecule has 1 aromatic heterocycles. The predicted molar refractivity (Wildman–Crippen MR) is 61.0 cm³/mol. The molecule has 0 bridgehead atoms. The summed E-state index contributed by atoms with van der Waals surface area (Å²) in [6, 6.07) is 1.58. The zero-order chi connectivity index (χ0) is 10.4. The predicted octanol–water partition coefficient (Wildman–Crippen LogP) is 1.04. The van der Waals surface area contributed by atoms with Crippen molar-refractivity contribution in [3.05, 3.63) is 22.6 Å². The fourth-order valence-electron chi connectivity index (χ4n) is 1.08. The Kier molecular flexibility index (Phi) is 4.52. The van der Waals surface area contributed by atoms with E-state index in [1.165, 1.54) is 4.68 Å². The summed E-state index contributed by atoms with van der Waals surface area (Å²) < 4.78 is 1.48. The normalized spacial score (nSPS) is 10.1. The summed E-state index contributed by atoms with van der Waals surface area (Å²) in [7, 11) is 0. The Bertz CT molecular complexity index is 337. The van der Waals surface area contributed by atoms with Crippen LogP contribution in [0.15, 0.2) is 17.1 Å². The Hall–Kier alpha value is -0.970. The van der Waals surface area contributed by atoms with Gasteiger partial charge in [-0.1, -0.05) is 0 Å². The number of nitrogens with zero attached hydrogens (tertiary/aromatic N) is 2. The van der Waals surface area contributed by atoms with Gasteiger partial charge in [0.25, 0.3) is 5.56 Å². The number of aromatic nitrogens is 2. The molecule has 0 aliphatic heterocycles. The molecule has 4 nitrogen and oxygen atoms in total. The van der Waals surface area contributed by atoms with Crippen LogP contribution in [0.2, 0.25) is 0 Å². The van der Waals surface area contributed by atoms with Gasteiger partial charge in [0, 0.05) is 18.4 Å². The smallest absolute Gasteiger partial charge is 0.268 e. The summed E-state index contributed by atoms with van der Waals surface area (Å²) in [6.07, 6.45) is 3.70. The summed E-state index contributed by atoms with van der Waals surface area (Å²) in [5.74, 6) is 0.910. The van der Waals surface area contributed by atoms with Crippen molar-refractivity contribution in [2.24, 2.45) is 0 Å². The lowest BCUT2D eigenvalue weighted by Gasteiger charge is -2.05. The zero-order valence-corrected chi connectivity index (χ0v) is 9.30. The van der Waals surface area contributed by atoms with Crippen molar-refractivity contribution in [3.63, 3.8) is 0 Å². The summed E-state index contributed by atoms with van der Waals surface area (Å²) in [6.45, 7) is 3.46. The number of aryl methyl sites for hydroxylation is 1. The van der Waals surface area contributed by atoms with Gasteiger partial charge in [-0.2, -0.15) is 16.9 Å². The van der Waals surface area contributed by atoms with Crippen molar-refractivity contribution >= 4 is 17.4 Å². The topological polar surface area (TPSA) is 46.9 Å². The minimum Gasteiger partial charge on any atom is -0.384 e. The van der Waals surface area contributed by atoms with E-state index in [2.05, 4.69) is 10.4 Å². The number of hydrogen-bond donors (Lipinski definition) is 1. The molecule has 1 aromatic rings. The van der Waals surface area contributed by atoms with Gasteiger partial charge in [0.15, 0.2) is 0 Å². The van der Waals surface area contributed by atoms with Crippen LogP contribution in [0.3, 0.4) is 0 Å². The van der Waals surface area contributed by atoms with Crippen molar-refractivity contribution in [1.29, 1.82) is 0 Å². The molecule has 0 fully saturated rings. The molecule has 0 saturated heterocycles. The average Bonchev–Trinajstić information content (AvgIpc) is 2.17. The molecule has 1 N–H and O–H groups in total. The molecule has 0 amide bonds. The van der Waals surface area contributed by atoms with Crippen LogP contribution in [0.1, 0.15) is 6.92 Å². The Morgan fingerprint density at radius 1 is 1.64 bits per heavy atom. The third-order valence-corrected chi connectivity index (χ3v) is 2.35. The first kappa shape index (κ1) is 11.1. The zero-order valence-electron chi connectivity index (χ0n) is 8.49.